The van der Waals surface area contributed by atoms with Crippen molar-refractivity contribution in [3.8, 4) is 6.07 Å². The van der Waals surface area contributed by atoms with Crippen LogP contribution in [-0.4, -0.2) is 10.5 Å². The van der Waals surface area contributed by atoms with Gasteiger partial charge in [0.25, 0.3) is 0 Å². The van der Waals surface area contributed by atoms with Crippen molar-refractivity contribution in [2.75, 3.05) is 0 Å². The van der Waals surface area contributed by atoms with E-state index in [1.165, 1.54) is 0 Å². The first-order chi connectivity index (χ1) is 6.29. The van der Waals surface area contributed by atoms with Crippen LogP contribution in [0.5, 0.6) is 0 Å². The predicted octanol–water partition coefficient (Wildman–Crippen LogP) is 1.11. The first kappa shape index (κ1) is 9.97. The van der Waals surface area contributed by atoms with E-state index in [1.54, 1.807) is 0 Å². The Labute approximate surface area is 81.7 Å². The largest absolute Gasteiger partial charge is 0.424 e. The van der Waals surface area contributed by atoms with E-state index >= 15 is 0 Å². The molecule has 0 amide bonds. The molecular weight excluding hydrogens is 178 g/mol. The molecule has 0 aliphatic carbocycles. The van der Waals surface area contributed by atoms with Crippen LogP contribution in [0, 0.1) is 11.3 Å². The Balaban J connectivity index is 2.98. The molecule has 0 aromatic heterocycles. The van der Waals surface area contributed by atoms with Crippen molar-refractivity contribution in [1.29, 1.82) is 5.26 Å². The molecule has 0 saturated heterocycles. The van der Waals surface area contributed by atoms with Crippen LogP contribution in [0.2, 0.25) is 0 Å². The molecule has 0 aliphatic heterocycles. The van der Waals surface area contributed by atoms with Crippen LogP contribution in [0.3, 0.4) is 0 Å². The van der Waals surface area contributed by atoms with Gasteiger partial charge in [-0.05, 0) is 18.1 Å². The van der Waals surface area contributed by atoms with Crippen LogP contribution >= 0.6 is 0 Å². The summed E-state index contributed by atoms with van der Waals surface area (Å²) in [6.45, 7) is 2.54. The molecule has 0 fully saturated rings. The van der Waals surface area contributed by atoms with Crippen molar-refractivity contribution in [2.45, 2.75) is 19.4 Å². The molecule has 3 heteroatoms. The third-order valence-corrected chi connectivity index (χ3v) is 2.30. The minimum atomic E-state index is -0.0481. The van der Waals surface area contributed by atoms with E-state index in [-0.39, 0.29) is 5.92 Å². The zero-order chi connectivity index (χ0) is 9.68. The Morgan fingerprint density at radius 2 is 2.23 bits per heavy atom. The lowest BCUT2D eigenvalue weighted by Crippen LogP contribution is -1.98. The highest BCUT2D eigenvalue weighted by molar-refractivity contribution is 5.97. The second-order valence-corrected chi connectivity index (χ2v) is 3.56. The van der Waals surface area contributed by atoms with Crippen molar-refractivity contribution in [3.63, 3.8) is 0 Å². The van der Waals surface area contributed by atoms with Gasteiger partial charge in [0.1, 0.15) is 10.5 Å². The maximum Gasteiger partial charge on any atom is 0.146 e. The predicted molar refractivity (Wildman–Crippen MR) is 55.2 cm³/mol. The number of benzene rings is 1. The average molecular weight is 191 g/mol. The summed E-state index contributed by atoms with van der Waals surface area (Å²) >= 11 is 0. The molecule has 68 valence electrons. The summed E-state index contributed by atoms with van der Waals surface area (Å²) in [6.07, 6.45) is 0. The number of rotatable bonds is 3. The van der Waals surface area contributed by atoms with E-state index in [1.807, 2.05) is 31.2 Å². The van der Waals surface area contributed by atoms with E-state index in [0.717, 1.165) is 21.6 Å². The van der Waals surface area contributed by atoms with Crippen molar-refractivity contribution in [3.05, 3.63) is 35.4 Å². The number of hydrogen-bond donors (Lipinski definition) is 0. The van der Waals surface area contributed by atoms with Crippen molar-refractivity contribution < 1.29 is 4.43 Å². The van der Waals surface area contributed by atoms with Gasteiger partial charge in [0.05, 0.1) is 18.6 Å². The summed E-state index contributed by atoms with van der Waals surface area (Å²) in [5, 5.41) is 8.80. The molecule has 1 atom stereocenters. The van der Waals surface area contributed by atoms with Crippen molar-refractivity contribution in [1.82, 2.24) is 0 Å². The van der Waals surface area contributed by atoms with Gasteiger partial charge in [-0.2, -0.15) is 5.26 Å². The van der Waals surface area contributed by atoms with E-state index in [2.05, 4.69) is 6.07 Å². The molecule has 0 spiro atoms. The molecule has 0 aliphatic rings. The van der Waals surface area contributed by atoms with Gasteiger partial charge in [-0.25, -0.2) is 0 Å². The fourth-order valence-corrected chi connectivity index (χ4v) is 1.62. The van der Waals surface area contributed by atoms with Crippen LogP contribution in [0.4, 0.5) is 0 Å². The molecule has 0 N–H and O–H groups in total. The fourth-order valence-electron chi connectivity index (χ4n) is 1.31. The molecule has 0 bridgehead atoms. The summed E-state index contributed by atoms with van der Waals surface area (Å²) < 4.78 is 5.19. The van der Waals surface area contributed by atoms with Crippen molar-refractivity contribution >= 4 is 10.5 Å². The van der Waals surface area contributed by atoms with Crippen LogP contribution < -0.4 is 0 Å². The molecule has 1 aromatic carbocycles. The number of nitriles is 1. The first-order valence-corrected chi connectivity index (χ1v) is 5.07. The maximum atomic E-state index is 8.80. The van der Waals surface area contributed by atoms with Crippen LogP contribution in [-0.2, 0) is 11.0 Å². The summed E-state index contributed by atoms with van der Waals surface area (Å²) in [5.74, 6) is -0.0481. The zero-order valence-electron chi connectivity index (χ0n) is 7.95. The highest BCUT2D eigenvalue weighted by Gasteiger charge is 2.07. The fraction of sp³-hybridized carbons (Fsp3) is 0.300. The lowest BCUT2D eigenvalue weighted by atomic mass is 9.97. The Morgan fingerprint density at radius 1 is 1.54 bits per heavy atom. The molecule has 1 aromatic rings. The van der Waals surface area contributed by atoms with Gasteiger partial charge in [-0.3, -0.25) is 0 Å². The van der Waals surface area contributed by atoms with Crippen LogP contribution in [0.25, 0.3) is 0 Å². The monoisotopic (exact) mass is 191 g/mol. The molecule has 0 heterocycles. The molecule has 13 heavy (non-hydrogen) atoms. The summed E-state index contributed by atoms with van der Waals surface area (Å²) in [4.78, 5) is 0. The minimum Gasteiger partial charge on any atom is -0.424 e. The van der Waals surface area contributed by atoms with Gasteiger partial charge in [-0.15, -0.1) is 0 Å². The Bertz CT molecular complexity index is 319. The van der Waals surface area contributed by atoms with Crippen molar-refractivity contribution in [2.24, 2.45) is 0 Å². The van der Waals surface area contributed by atoms with Gasteiger partial charge < -0.3 is 4.43 Å². The molecule has 1 unspecified atom stereocenters. The lowest BCUT2D eigenvalue weighted by Gasteiger charge is -2.09. The second-order valence-electron chi connectivity index (χ2n) is 2.98. The van der Waals surface area contributed by atoms with E-state index in [9.17, 15) is 0 Å². The van der Waals surface area contributed by atoms with Gasteiger partial charge >= 0.3 is 0 Å². The van der Waals surface area contributed by atoms with Gasteiger partial charge in [0.2, 0.25) is 0 Å². The summed E-state index contributed by atoms with van der Waals surface area (Å²) in [5.41, 5.74) is 2.22. The van der Waals surface area contributed by atoms with Crippen LogP contribution in [0.15, 0.2) is 24.3 Å². The smallest absolute Gasteiger partial charge is 0.146 e. The number of hydrogen-bond acceptors (Lipinski definition) is 2. The SMILES string of the molecule is CC(C#N)c1ccccc1CO[SiH3]. The third kappa shape index (κ3) is 2.41. The van der Waals surface area contributed by atoms with Gasteiger partial charge in [-0.1, -0.05) is 24.3 Å². The van der Waals surface area contributed by atoms with E-state index in [0.29, 0.717) is 6.61 Å². The first-order valence-electron chi connectivity index (χ1n) is 4.26. The molecule has 1 rings (SSSR count). The Morgan fingerprint density at radius 3 is 2.85 bits per heavy atom. The summed E-state index contributed by atoms with van der Waals surface area (Å²) in [7, 11) is 0.736. The number of nitrogens with zero attached hydrogens (tertiary/aromatic N) is 1. The van der Waals surface area contributed by atoms with Gasteiger partial charge in [0.15, 0.2) is 0 Å². The lowest BCUT2D eigenvalue weighted by molar-refractivity contribution is 0.337. The summed E-state index contributed by atoms with van der Waals surface area (Å²) in [6, 6.07) is 10.2. The Hall–Kier alpha value is -1.11. The normalized spacial score (nSPS) is 12.3. The second kappa shape index (κ2) is 4.80. The van der Waals surface area contributed by atoms with Gasteiger partial charge in [0, 0.05) is 0 Å². The molecular formula is C10H13NOSi. The average Bonchev–Trinajstić information content (AvgIpc) is 2.18. The zero-order valence-corrected chi connectivity index (χ0v) is 9.95. The maximum absolute atomic E-state index is 8.80. The third-order valence-electron chi connectivity index (χ3n) is 2.02. The Kier molecular flexibility index (Phi) is 3.68. The van der Waals surface area contributed by atoms with E-state index < -0.39 is 0 Å². The minimum absolute atomic E-state index is 0.0481. The standard InChI is InChI=1S/C10H13NOSi/c1-8(6-11)10-5-3-2-4-9(10)7-12-13/h2-5,8H,7H2,1,13H3. The van der Waals surface area contributed by atoms with Crippen LogP contribution in [0.1, 0.15) is 24.0 Å². The quantitative estimate of drug-likeness (QED) is 0.671. The topological polar surface area (TPSA) is 33.0 Å². The van der Waals surface area contributed by atoms with E-state index in [4.69, 9.17) is 9.69 Å². The molecule has 0 radical (unpaired) electrons. The molecule has 0 saturated carbocycles. The highest BCUT2D eigenvalue weighted by Crippen LogP contribution is 2.19. The highest BCUT2D eigenvalue weighted by atomic mass is 28.2. The molecule has 2 nitrogen and oxygen atoms in total.